The van der Waals surface area contributed by atoms with Crippen molar-refractivity contribution in [3.63, 3.8) is 0 Å². The molecule has 57 heavy (non-hydrogen) atoms. The van der Waals surface area contributed by atoms with Gasteiger partial charge in [-0.05, 0) is 96.5 Å². The maximum absolute atomic E-state index is 2.21. The van der Waals surface area contributed by atoms with Gasteiger partial charge in [-0.25, -0.2) is 0 Å². The molecule has 0 N–H and O–H groups in total. The average molecular weight is 743 g/mol. The number of hydrogen-bond donors (Lipinski definition) is 0. The van der Waals surface area contributed by atoms with Gasteiger partial charge < -0.3 is 0 Å². The van der Waals surface area contributed by atoms with Crippen LogP contribution in [-0.2, 0) is 0 Å². The van der Waals surface area contributed by atoms with Crippen LogP contribution in [0.2, 0.25) is 0 Å². The first-order valence-corrected chi connectivity index (χ1v) is 19.4. The molecule has 0 unspecified atom stereocenters. The van der Waals surface area contributed by atoms with E-state index in [-0.39, 0.29) is 7.43 Å². The van der Waals surface area contributed by atoms with Gasteiger partial charge >= 0.3 is 0 Å². The molecule has 0 heterocycles. The molecular formula is C57H58. The van der Waals surface area contributed by atoms with Crippen molar-refractivity contribution < 1.29 is 0 Å². The van der Waals surface area contributed by atoms with E-state index in [1.807, 2.05) is 48.5 Å². The Hall–Kier alpha value is -6.50. The molecule has 0 aliphatic heterocycles. The minimum atomic E-state index is 0. The van der Waals surface area contributed by atoms with Crippen molar-refractivity contribution in [1.82, 2.24) is 0 Å². The molecule has 286 valence electrons. The molecule has 0 fully saturated rings. The number of aryl methyl sites for hydroxylation is 6. The second-order valence-electron chi connectivity index (χ2n) is 14.1. The third-order valence-electron chi connectivity index (χ3n) is 9.67. The van der Waals surface area contributed by atoms with Crippen LogP contribution in [-0.4, -0.2) is 0 Å². The Morgan fingerprint density at radius 3 is 0.614 bits per heavy atom. The lowest BCUT2D eigenvalue weighted by Gasteiger charge is -2.11. The van der Waals surface area contributed by atoms with Gasteiger partial charge in [-0.3, -0.25) is 0 Å². The van der Waals surface area contributed by atoms with Crippen LogP contribution in [0.4, 0.5) is 0 Å². The fourth-order valence-corrected chi connectivity index (χ4v) is 6.39. The fourth-order valence-electron chi connectivity index (χ4n) is 6.39. The summed E-state index contributed by atoms with van der Waals surface area (Å²) < 4.78 is 0. The minimum absolute atomic E-state index is 0. The van der Waals surface area contributed by atoms with E-state index >= 15 is 0 Å². The zero-order valence-electron chi connectivity index (χ0n) is 33.8. The highest BCUT2D eigenvalue weighted by Gasteiger charge is 2.06. The average Bonchev–Trinajstić information content (AvgIpc) is 3.25. The number of hydrogen-bond acceptors (Lipinski definition) is 0. The number of rotatable bonds is 2. The molecule has 9 aromatic rings. The molecule has 9 rings (SSSR count). The van der Waals surface area contributed by atoms with Crippen LogP contribution in [0.5, 0.6) is 0 Å². The van der Waals surface area contributed by atoms with Gasteiger partial charge in [0.05, 0.1) is 0 Å². The summed E-state index contributed by atoms with van der Waals surface area (Å²) >= 11 is 0. The molecule has 0 bridgehead atoms. The third-order valence-corrected chi connectivity index (χ3v) is 9.67. The third kappa shape index (κ3) is 13.3. The van der Waals surface area contributed by atoms with Gasteiger partial charge in [0, 0.05) is 0 Å². The predicted molar refractivity (Wildman–Crippen MR) is 253 cm³/mol. The molecule has 0 aliphatic rings. The van der Waals surface area contributed by atoms with E-state index < -0.39 is 0 Å². The molecular weight excluding hydrogens is 685 g/mol. The Labute approximate surface area is 343 Å². The zero-order valence-corrected chi connectivity index (χ0v) is 33.8. The fraction of sp³-hybridized carbons (Fsp3) is 0.123. The summed E-state index contributed by atoms with van der Waals surface area (Å²) in [5, 5.41) is 5.50. The molecule has 0 spiro atoms. The molecule has 0 heteroatoms. The van der Waals surface area contributed by atoms with Crippen molar-refractivity contribution in [2.45, 2.75) is 49.0 Å². The summed E-state index contributed by atoms with van der Waals surface area (Å²) in [5.74, 6) is 0. The maximum atomic E-state index is 2.21. The van der Waals surface area contributed by atoms with Crippen LogP contribution >= 0.6 is 0 Å². The van der Waals surface area contributed by atoms with Gasteiger partial charge in [-0.15, -0.1) is 0 Å². The first kappa shape index (κ1) is 43.2. The highest BCUT2D eigenvalue weighted by molar-refractivity contribution is 6.05. The molecule has 0 saturated carbocycles. The van der Waals surface area contributed by atoms with Gasteiger partial charge in [0.1, 0.15) is 0 Å². The van der Waals surface area contributed by atoms with Crippen LogP contribution in [0.1, 0.15) is 40.8 Å². The van der Waals surface area contributed by atoms with Crippen LogP contribution < -0.4 is 0 Å². The topological polar surface area (TPSA) is 0 Å². The van der Waals surface area contributed by atoms with Crippen LogP contribution in [0.15, 0.2) is 218 Å². The van der Waals surface area contributed by atoms with E-state index in [4.69, 9.17) is 0 Å². The van der Waals surface area contributed by atoms with Crippen molar-refractivity contribution in [3.05, 3.63) is 252 Å². The molecule has 0 saturated heterocycles. The van der Waals surface area contributed by atoms with E-state index in [0.717, 1.165) is 0 Å². The summed E-state index contributed by atoms with van der Waals surface area (Å²) in [6.07, 6.45) is 0. The Morgan fingerprint density at radius 2 is 0.386 bits per heavy atom. The lowest BCUT2D eigenvalue weighted by molar-refractivity contribution is 1.47. The Bertz CT molecular complexity index is 2230. The molecule has 0 aromatic heterocycles. The van der Waals surface area contributed by atoms with E-state index in [9.17, 15) is 0 Å². The summed E-state index contributed by atoms with van der Waals surface area (Å²) in [6.45, 7) is 12.8. The molecule has 0 atom stereocenters. The van der Waals surface area contributed by atoms with Gasteiger partial charge in [-0.2, -0.15) is 0 Å². The summed E-state index contributed by atoms with van der Waals surface area (Å²) in [4.78, 5) is 0. The second kappa shape index (κ2) is 22.8. The number of fused-ring (bicyclic) bond motifs is 2. The summed E-state index contributed by atoms with van der Waals surface area (Å²) in [7, 11) is 0. The Balaban J connectivity index is 0.000000163. The van der Waals surface area contributed by atoms with Crippen molar-refractivity contribution in [3.8, 4) is 22.3 Å². The van der Waals surface area contributed by atoms with Gasteiger partial charge in [-0.1, -0.05) is 248 Å². The largest absolute Gasteiger partial charge is 0.0776 e. The van der Waals surface area contributed by atoms with E-state index in [1.54, 1.807) is 0 Å². The lowest BCUT2D eigenvalue weighted by atomic mass is 9.93. The monoisotopic (exact) mass is 742 g/mol. The van der Waals surface area contributed by atoms with Crippen molar-refractivity contribution in [2.24, 2.45) is 0 Å². The van der Waals surface area contributed by atoms with Crippen molar-refractivity contribution in [1.29, 1.82) is 0 Å². The summed E-state index contributed by atoms with van der Waals surface area (Å²) in [6, 6.07) is 75.9. The molecule has 0 amide bonds. The second-order valence-corrected chi connectivity index (χ2v) is 14.1. The first-order chi connectivity index (χ1) is 27.3. The number of benzene rings is 9. The predicted octanol–water partition coefficient (Wildman–Crippen LogP) is 16.6. The Morgan fingerprint density at radius 1 is 0.193 bits per heavy atom. The highest BCUT2D eigenvalue weighted by Crippen LogP contribution is 2.31. The molecule has 0 nitrogen and oxygen atoms in total. The van der Waals surface area contributed by atoms with Crippen LogP contribution in [0, 0.1) is 41.5 Å². The minimum Gasteiger partial charge on any atom is -0.0776 e. The first-order valence-electron chi connectivity index (χ1n) is 19.4. The molecule has 0 aliphatic carbocycles. The Kier molecular flexibility index (Phi) is 17.3. The van der Waals surface area contributed by atoms with Gasteiger partial charge in [0.25, 0.3) is 0 Å². The maximum Gasteiger partial charge on any atom is -0.0146 e. The van der Waals surface area contributed by atoms with Crippen LogP contribution in [0.25, 0.3) is 43.8 Å². The SMILES string of the molecule is C.Cc1c2ccccc2c(C)c2ccccc12.Cc1ccc(-c2ccccc2)cc1.Cc1ccc(-c2ccccc2)cc1.Cc1ccccc1.Cc1ccccc1. The van der Waals surface area contributed by atoms with Crippen LogP contribution in [0.3, 0.4) is 0 Å². The normalized spacial score (nSPS) is 9.79. The van der Waals surface area contributed by atoms with Gasteiger partial charge in [0.2, 0.25) is 0 Å². The van der Waals surface area contributed by atoms with E-state index in [0.29, 0.717) is 0 Å². The molecule has 0 radical (unpaired) electrons. The summed E-state index contributed by atoms with van der Waals surface area (Å²) in [5.41, 5.74) is 13.2. The van der Waals surface area contributed by atoms with Crippen molar-refractivity contribution >= 4 is 21.5 Å². The van der Waals surface area contributed by atoms with E-state index in [1.165, 1.54) is 77.2 Å². The lowest BCUT2D eigenvalue weighted by Crippen LogP contribution is -1.87. The standard InChI is InChI=1S/C16H14.2C13H12.2C7H8.CH4/c1-11-13-7-3-5-9-15(13)12(2)16-10-6-4-8-14(11)16;2*1-11-7-9-13(10-8-11)12-5-3-2-4-6-12;2*1-7-5-3-2-4-6-7;/h3-10H,1-2H3;2*2-10H,1H3;2*2-6H,1H3;1H4. The quantitative estimate of drug-likeness (QED) is 0.155. The zero-order chi connectivity index (χ0) is 39.5. The smallest absolute Gasteiger partial charge is 0.0146 e. The highest BCUT2D eigenvalue weighted by atomic mass is 14.1. The van der Waals surface area contributed by atoms with Crippen molar-refractivity contribution in [2.75, 3.05) is 0 Å². The van der Waals surface area contributed by atoms with E-state index in [2.05, 4.69) is 211 Å². The van der Waals surface area contributed by atoms with Gasteiger partial charge in [0.15, 0.2) is 0 Å². The molecule has 9 aromatic carbocycles.